The normalized spacial score (nSPS) is 14.4. The summed E-state index contributed by atoms with van der Waals surface area (Å²) in [4.78, 5) is 2.39. The smallest absolute Gasteiger partial charge is 0.274 e. The maximum Gasteiger partial charge on any atom is 0.274 e. The van der Waals surface area contributed by atoms with Gasteiger partial charge in [-0.3, -0.25) is 9.21 Å². The Labute approximate surface area is 193 Å². The van der Waals surface area contributed by atoms with E-state index in [1.54, 1.807) is 10.4 Å². The first-order valence-electron chi connectivity index (χ1n) is 9.91. The molecular weight excluding hydrogens is 459 g/mol. The summed E-state index contributed by atoms with van der Waals surface area (Å²) in [7, 11) is -3.67. The van der Waals surface area contributed by atoms with Crippen molar-refractivity contribution in [1.82, 2.24) is 4.90 Å². The lowest BCUT2D eigenvalue weighted by molar-refractivity contribution is 0.268. The molecule has 0 unspecified atom stereocenters. The molecule has 2 aromatic carbocycles. The number of hydrogen-bond acceptors (Lipinski definition) is 4. The first-order chi connectivity index (χ1) is 13.9. The highest BCUT2D eigenvalue weighted by Crippen LogP contribution is 2.39. The number of benzene rings is 2. The molecule has 8 heteroatoms. The van der Waals surface area contributed by atoms with E-state index in [2.05, 4.69) is 17.9 Å². The Kier molecular flexibility index (Phi) is 7.04. The van der Waals surface area contributed by atoms with Crippen LogP contribution in [0.5, 0.6) is 0 Å². The van der Waals surface area contributed by atoms with Crippen molar-refractivity contribution in [2.75, 3.05) is 23.9 Å². The second-order valence-electron chi connectivity index (χ2n) is 7.36. The van der Waals surface area contributed by atoms with Gasteiger partial charge in [0, 0.05) is 29.4 Å². The Morgan fingerprint density at radius 3 is 2.67 bits per heavy atom. The summed E-state index contributed by atoms with van der Waals surface area (Å²) in [6.45, 7) is 9.16. The van der Waals surface area contributed by atoms with Crippen LogP contribution in [0.3, 0.4) is 0 Å². The third kappa shape index (κ3) is 3.96. The number of nitrogens with zero attached hydrogens (tertiary/aromatic N) is 2. The van der Waals surface area contributed by atoms with Gasteiger partial charge in [-0.2, -0.15) is 0 Å². The molecular formula is C22H26Cl2N2O2S2. The van der Waals surface area contributed by atoms with E-state index < -0.39 is 10.0 Å². The monoisotopic (exact) mass is 484 g/mol. The van der Waals surface area contributed by atoms with E-state index in [9.17, 15) is 8.42 Å². The van der Waals surface area contributed by atoms with Gasteiger partial charge >= 0.3 is 0 Å². The zero-order chi connectivity index (χ0) is 20.8. The van der Waals surface area contributed by atoms with Gasteiger partial charge in [-0.1, -0.05) is 30.7 Å². The molecule has 1 aromatic heterocycles. The lowest BCUT2D eigenvalue weighted by Gasteiger charge is -2.32. The first kappa shape index (κ1) is 23.4. The summed E-state index contributed by atoms with van der Waals surface area (Å²) >= 11 is 7.47. The first-order valence-corrected chi connectivity index (χ1v) is 12.5. The number of halogens is 2. The molecule has 0 fully saturated rings. The second-order valence-corrected chi connectivity index (χ2v) is 10.9. The molecule has 0 spiro atoms. The minimum atomic E-state index is -3.67. The average Bonchev–Trinajstić information content (AvgIpc) is 3.05. The van der Waals surface area contributed by atoms with Crippen LogP contribution in [0, 0.1) is 6.92 Å². The fourth-order valence-corrected chi connectivity index (χ4v) is 7.66. The maximum atomic E-state index is 13.7. The molecule has 162 valence electrons. The molecule has 4 nitrogen and oxygen atoms in total. The number of aryl methyl sites for hydroxylation is 1. The lowest BCUT2D eigenvalue weighted by atomic mass is 9.98. The van der Waals surface area contributed by atoms with Gasteiger partial charge in [0.1, 0.15) is 4.21 Å². The van der Waals surface area contributed by atoms with Crippen LogP contribution in [0.4, 0.5) is 5.69 Å². The van der Waals surface area contributed by atoms with Crippen LogP contribution in [0.25, 0.3) is 10.1 Å². The van der Waals surface area contributed by atoms with Gasteiger partial charge in [-0.15, -0.1) is 23.7 Å². The Morgan fingerprint density at radius 2 is 1.97 bits per heavy atom. The summed E-state index contributed by atoms with van der Waals surface area (Å²) < 4.78 is 30.4. The zero-order valence-electron chi connectivity index (χ0n) is 17.3. The molecule has 0 radical (unpaired) electrons. The number of anilines is 1. The molecule has 1 aliphatic heterocycles. The summed E-state index contributed by atoms with van der Waals surface area (Å²) in [5.74, 6) is 0. The van der Waals surface area contributed by atoms with E-state index in [1.165, 1.54) is 16.9 Å². The highest BCUT2D eigenvalue weighted by Gasteiger charge is 2.31. The van der Waals surface area contributed by atoms with Crippen LogP contribution >= 0.6 is 35.3 Å². The Hall–Kier alpha value is -1.31. The summed E-state index contributed by atoms with van der Waals surface area (Å²) in [5.41, 5.74) is 3.97. The number of hydrogen-bond donors (Lipinski definition) is 0. The van der Waals surface area contributed by atoms with E-state index in [1.807, 2.05) is 38.1 Å². The fraction of sp³-hybridized carbons (Fsp3) is 0.364. The molecule has 3 aromatic rings. The van der Waals surface area contributed by atoms with E-state index in [0.717, 1.165) is 53.0 Å². The summed E-state index contributed by atoms with van der Waals surface area (Å²) in [5, 5.41) is 1.53. The largest absolute Gasteiger partial charge is 0.299 e. The lowest BCUT2D eigenvalue weighted by Crippen LogP contribution is -2.35. The topological polar surface area (TPSA) is 40.6 Å². The van der Waals surface area contributed by atoms with Gasteiger partial charge in [-0.05, 0) is 73.2 Å². The molecule has 0 amide bonds. The average molecular weight is 486 g/mol. The Balaban J connectivity index is 0.00000256. The predicted octanol–water partition coefficient (Wildman–Crippen LogP) is 5.88. The van der Waals surface area contributed by atoms with Gasteiger partial charge in [0.15, 0.2) is 0 Å². The van der Waals surface area contributed by atoms with Crippen molar-refractivity contribution in [2.45, 2.75) is 37.9 Å². The third-order valence-corrected chi connectivity index (χ3v) is 9.70. The summed E-state index contributed by atoms with van der Waals surface area (Å²) in [6, 6.07) is 11.6. The summed E-state index contributed by atoms with van der Waals surface area (Å²) in [6.07, 6.45) is 0.867. The number of likely N-dealkylation sites (N-methyl/N-ethyl adjacent to an activating group) is 1. The zero-order valence-corrected chi connectivity index (χ0v) is 20.5. The molecule has 0 N–H and O–H groups in total. The molecule has 1 aliphatic rings. The van der Waals surface area contributed by atoms with Gasteiger partial charge in [0.05, 0.1) is 5.69 Å². The van der Waals surface area contributed by atoms with Crippen LogP contribution in [-0.2, 0) is 23.0 Å². The van der Waals surface area contributed by atoms with Gasteiger partial charge in [0.25, 0.3) is 10.0 Å². The minimum Gasteiger partial charge on any atom is -0.299 e. The number of sulfonamides is 1. The van der Waals surface area contributed by atoms with Gasteiger partial charge in [0.2, 0.25) is 0 Å². The second kappa shape index (κ2) is 9.05. The standard InChI is InChI=1S/C22H25ClN2O2S2.ClH/c1-4-24-12-11-18-16(14-24)7-6-8-20(18)25(5-2)29(26,27)22-15(3)19-13-17(23)9-10-21(19)28-22;/h6-10,13H,4-5,11-12,14H2,1-3H3;1H. The predicted molar refractivity (Wildman–Crippen MR) is 130 cm³/mol. The maximum absolute atomic E-state index is 13.7. The van der Waals surface area contributed by atoms with Crippen molar-refractivity contribution in [3.63, 3.8) is 0 Å². The van der Waals surface area contributed by atoms with Crippen molar-refractivity contribution in [1.29, 1.82) is 0 Å². The van der Waals surface area contributed by atoms with Crippen LogP contribution in [0.2, 0.25) is 5.02 Å². The van der Waals surface area contributed by atoms with Crippen LogP contribution in [-0.4, -0.2) is 33.0 Å². The molecule has 4 rings (SSSR count). The number of thiophene rings is 1. The minimum absolute atomic E-state index is 0. The SMILES string of the molecule is CCN1CCc2c(cccc2N(CC)S(=O)(=O)c2sc3ccc(Cl)cc3c2C)C1.Cl. The van der Waals surface area contributed by atoms with Crippen molar-refractivity contribution in [3.05, 3.63) is 58.1 Å². The van der Waals surface area contributed by atoms with Crippen molar-refractivity contribution >= 4 is 61.1 Å². The Bertz CT molecular complexity index is 1180. The Morgan fingerprint density at radius 1 is 1.20 bits per heavy atom. The number of fused-ring (bicyclic) bond motifs is 2. The van der Waals surface area contributed by atoms with E-state index in [0.29, 0.717) is 15.8 Å². The molecule has 0 saturated heterocycles. The molecule has 0 aliphatic carbocycles. The molecule has 0 atom stereocenters. The molecule has 0 bridgehead atoms. The van der Waals surface area contributed by atoms with E-state index in [4.69, 9.17) is 11.6 Å². The van der Waals surface area contributed by atoms with Gasteiger partial charge in [-0.25, -0.2) is 8.42 Å². The molecule has 2 heterocycles. The van der Waals surface area contributed by atoms with E-state index in [-0.39, 0.29) is 12.4 Å². The van der Waals surface area contributed by atoms with Crippen LogP contribution in [0.1, 0.15) is 30.5 Å². The van der Waals surface area contributed by atoms with Crippen molar-refractivity contribution in [3.8, 4) is 0 Å². The van der Waals surface area contributed by atoms with Crippen LogP contribution < -0.4 is 4.31 Å². The van der Waals surface area contributed by atoms with Crippen molar-refractivity contribution in [2.24, 2.45) is 0 Å². The quantitative estimate of drug-likeness (QED) is 0.453. The van der Waals surface area contributed by atoms with Crippen molar-refractivity contribution < 1.29 is 8.42 Å². The highest BCUT2D eigenvalue weighted by molar-refractivity contribution is 7.95. The van der Waals surface area contributed by atoms with Crippen LogP contribution in [0.15, 0.2) is 40.6 Å². The molecule has 0 saturated carbocycles. The third-order valence-electron chi connectivity index (χ3n) is 5.70. The molecule has 30 heavy (non-hydrogen) atoms. The number of rotatable bonds is 5. The fourth-order valence-electron chi connectivity index (χ4n) is 4.14. The highest BCUT2D eigenvalue weighted by atomic mass is 35.5. The van der Waals surface area contributed by atoms with E-state index >= 15 is 0 Å². The van der Waals surface area contributed by atoms with Gasteiger partial charge < -0.3 is 0 Å².